The number of rotatable bonds is 4. The number of nitrogens with one attached hydrogen (secondary N) is 1. The minimum absolute atomic E-state index is 0.0327. The molecule has 2 rings (SSSR count). The van der Waals surface area contributed by atoms with E-state index in [0.29, 0.717) is 11.4 Å². The minimum Gasteiger partial charge on any atom is -0.479 e. The van der Waals surface area contributed by atoms with E-state index in [2.05, 4.69) is 5.32 Å². The number of halogens is 1. The fourth-order valence-electron chi connectivity index (χ4n) is 1.58. The van der Waals surface area contributed by atoms with Crippen LogP contribution in [0.1, 0.15) is 10.4 Å². The highest BCUT2D eigenvalue weighted by molar-refractivity contribution is 6.04. The highest BCUT2D eigenvalue weighted by Gasteiger charge is 2.06. The van der Waals surface area contributed by atoms with Crippen LogP contribution in [0.3, 0.4) is 0 Å². The van der Waals surface area contributed by atoms with Gasteiger partial charge in [0.15, 0.2) is 6.61 Å². The molecule has 0 fully saturated rings. The number of ether oxygens (including phenoxy) is 1. The van der Waals surface area contributed by atoms with Crippen LogP contribution in [-0.2, 0) is 0 Å². The molecule has 0 aliphatic rings. The van der Waals surface area contributed by atoms with E-state index in [1.165, 1.54) is 24.3 Å². The van der Waals surface area contributed by atoms with Gasteiger partial charge in [-0.1, -0.05) is 6.07 Å². The van der Waals surface area contributed by atoms with Crippen molar-refractivity contribution in [2.75, 3.05) is 11.9 Å². The van der Waals surface area contributed by atoms with E-state index >= 15 is 0 Å². The fourth-order valence-corrected chi connectivity index (χ4v) is 1.58. The summed E-state index contributed by atoms with van der Waals surface area (Å²) in [4.78, 5) is 11.9. The average Bonchev–Trinajstić information content (AvgIpc) is 2.46. The number of carbonyl (C=O) groups is 1. The molecular formula is C15H11FN2O2. The third-order valence-corrected chi connectivity index (χ3v) is 2.50. The summed E-state index contributed by atoms with van der Waals surface area (Å²) < 4.78 is 18.1. The zero-order valence-electron chi connectivity index (χ0n) is 10.5. The second kappa shape index (κ2) is 6.34. The van der Waals surface area contributed by atoms with Crippen molar-refractivity contribution in [3.05, 3.63) is 59.9 Å². The Labute approximate surface area is 115 Å². The van der Waals surface area contributed by atoms with E-state index in [4.69, 9.17) is 10.00 Å². The maximum atomic E-state index is 13.0. The third-order valence-electron chi connectivity index (χ3n) is 2.50. The van der Waals surface area contributed by atoms with Gasteiger partial charge in [-0.3, -0.25) is 4.79 Å². The summed E-state index contributed by atoms with van der Waals surface area (Å²) in [5.74, 6) is -0.316. The predicted molar refractivity (Wildman–Crippen MR) is 71.9 cm³/mol. The predicted octanol–water partition coefficient (Wildman–Crippen LogP) is 2.98. The number of carbonyl (C=O) groups excluding carboxylic acids is 1. The molecule has 0 heterocycles. The second-order valence-corrected chi connectivity index (χ2v) is 3.94. The van der Waals surface area contributed by atoms with Crippen LogP contribution in [0.15, 0.2) is 48.5 Å². The molecule has 20 heavy (non-hydrogen) atoms. The van der Waals surface area contributed by atoms with Gasteiger partial charge in [-0.2, -0.15) is 5.26 Å². The first-order valence-corrected chi connectivity index (χ1v) is 5.86. The molecule has 0 bridgehead atoms. The van der Waals surface area contributed by atoms with Crippen LogP contribution in [0.25, 0.3) is 0 Å². The molecule has 0 saturated heterocycles. The minimum atomic E-state index is -0.460. The smallest absolute Gasteiger partial charge is 0.255 e. The Hall–Kier alpha value is -2.87. The number of nitriles is 1. The number of nitrogens with zero attached hydrogens (tertiary/aromatic N) is 1. The number of amides is 1. The zero-order chi connectivity index (χ0) is 14.4. The highest BCUT2D eigenvalue weighted by Crippen LogP contribution is 2.16. The van der Waals surface area contributed by atoms with Crippen molar-refractivity contribution in [1.29, 1.82) is 5.26 Å². The Balaban J connectivity index is 2.03. The quantitative estimate of drug-likeness (QED) is 0.929. The summed E-state index contributed by atoms with van der Waals surface area (Å²) in [7, 11) is 0. The summed E-state index contributed by atoms with van der Waals surface area (Å²) in [6.45, 7) is -0.0327. The van der Waals surface area contributed by atoms with Crippen molar-refractivity contribution < 1.29 is 13.9 Å². The monoisotopic (exact) mass is 270 g/mol. The van der Waals surface area contributed by atoms with Gasteiger partial charge in [-0.15, -0.1) is 0 Å². The molecule has 1 N–H and O–H groups in total. The van der Waals surface area contributed by atoms with Gasteiger partial charge in [0.25, 0.3) is 5.91 Å². The first kappa shape index (κ1) is 13.6. The number of hydrogen-bond acceptors (Lipinski definition) is 3. The lowest BCUT2D eigenvalue weighted by Crippen LogP contribution is -2.11. The van der Waals surface area contributed by atoms with Gasteiger partial charge in [-0.25, -0.2) is 4.39 Å². The molecule has 0 unspecified atom stereocenters. The van der Waals surface area contributed by atoms with Crippen LogP contribution in [0.4, 0.5) is 10.1 Å². The van der Waals surface area contributed by atoms with Gasteiger partial charge in [0, 0.05) is 11.3 Å². The Morgan fingerprint density at radius 1 is 1.25 bits per heavy atom. The van der Waals surface area contributed by atoms with Crippen molar-refractivity contribution in [3.63, 3.8) is 0 Å². The average molecular weight is 270 g/mol. The highest BCUT2D eigenvalue weighted by atomic mass is 19.1. The van der Waals surface area contributed by atoms with Crippen LogP contribution in [-0.4, -0.2) is 12.5 Å². The van der Waals surface area contributed by atoms with E-state index in [9.17, 15) is 9.18 Å². The number of benzene rings is 2. The largest absolute Gasteiger partial charge is 0.479 e. The molecule has 0 aromatic heterocycles. The summed E-state index contributed by atoms with van der Waals surface area (Å²) in [6, 6.07) is 13.9. The SMILES string of the molecule is N#CCOc1ccc(NC(=O)c2cccc(F)c2)cc1. The standard InChI is InChI=1S/C15H11FN2O2/c16-12-3-1-2-11(10-12)15(19)18-13-4-6-14(7-5-13)20-9-8-17/h1-7,10H,9H2,(H,18,19). The second-order valence-electron chi connectivity index (χ2n) is 3.94. The van der Waals surface area contributed by atoms with E-state index in [1.807, 2.05) is 6.07 Å². The molecule has 100 valence electrons. The summed E-state index contributed by atoms with van der Waals surface area (Å²) in [5, 5.41) is 11.0. The molecule has 0 aliphatic heterocycles. The van der Waals surface area contributed by atoms with Crippen molar-refractivity contribution >= 4 is 11.6 Å². The van der Waals surface area contributed by atoms with Gasteiger partial charge < -0.3 is 10.1 Å². The summed E-state index contributed by atoms with van der Waals surface area (Å²) in [6.07, 6.45) is 0. The molecule has 0 spiro atoms. The molecule has 4 nitrogen and oxygen atoms in total. The van der Waals surface area contributed by atoms with Crippen LogP contribution < -0.4 is 10.1 Å². The molecule has 5 heteroatoms. The third kappa shape index (κ3) is 3.56. The Morgan fingerprint density at radius 3 is 2.65 bits per heavy atom. The lowest BCUT2D eigenvalue weighted by Gasteiger charge is -2.06. The van der Waals surface area contributed by atoms with E-state index in [0.717, 1.165) is 0 Å². The van der Waals surface area contributed by atoms with Crippen LogP contribution in [0, 0.1) is 17.1 Å². The van der Waals surface area contributed by atoms with Gasteiger partial charge in [0.05, 0.1) is 0 Å². The van der Waals surface area contributed by atoms with Crippen LogP contribution in [0.5, 0.6) is 5.75 Å². The van der Waals surface area contributed by atoms with Gasteiger partial charge in [0.2, 0.25) is 0 Å². The maximum absolute atomic E-state index is 13.0. The van der Waals surface area contributed by atoms with Gasteiger partial charge in [0.1, 0.15) is 17.6 Å². The Morgan fingerprint density at radius 2 is 2.00 bits per heavy atom. The molecule has 0 atom stereocenters. The van der Waals surface area contributed by atoms with Crippen molar-refractivity contribution in [2.24, 2.45) is 0 Å². The topological polar surface area (TPSA) is 62.1 Å². The molecular weight excluding hydrogens is 259 g/mol. The molecule has 2 aromatic rings. The maximum Gasteiger partial charge on any atom is 0.255 e. The molecule has 1 amide bonds. The van der Waals surface area contributed by atoms with Crippen molar-refractivity contribution in [3.8, 4) is 11.8 Å². The van der Waals surface area contributed by atoms with E-state index in [-0.39, 0.29) is 12.2 Å². The lowest BCUT2D eigenvalue weighted by atomic mass is 10.2. The Bertz CT molecular complexity index is 648. The molecule has 0 aliphatic carbocycles. The van der Waals surface area contributed by atoms with E-state index in [1.54, 1.807) is 24.3 Å². The van der Waals surface area contributed by atoms with Crippen molar-refractivity contribution in [1.82, 2.24) is 0 Å². The fraction of sp³-hybridized carbons (Fsp3) is 0.0667. The van der Waals surface area contributed by atoms with Gasteiger partial charge >= 0.3 is 0 Å². The zero-order valence-corrected chi connectivity index (χ0v) is 10.5. The van der Waals surface area contributed by atoms with E-state index < -0.39 is 11.7 Å². The number of anilines is 1. The van der Waals surface area contributed by atoms with Gasteiger partial charge in [-0.05, 0) is 42.5 Å². The number of hydrogen-bond donors (Lipinski definition) is 1. The molecule has 0 saturated carbocycles. The Kier molecular flexibility index (Phi) is 4.30. The van der Waals surface area contributed by atoms with Crippen molar-refractivity contribution in [2.45, 2.75) is 0 Å². The summed E-state index contributed by atoms with van der Waals surface area (Å²) >= 11 is 0. The first-order valence-electron chi connectivity index (χ1n) is 5.86. The molecule has 0 radical (unpaired) electrons. The first-order chi connectivity index (χ1) is 9.69. The van der Waals surface area contributed by atoms with Crippen LogP contribution in [0.2, 0.25) is 0 Å². The normalized spacial score (nSPS) is 9.60. The van der Waals surface area contributed by atoms with Crippen LogP contribution >= 0.6 is 0 Å². The molecule has 2 aromatic carbocycles. The summed E-state index contributed by atoms with van der Waals surface area (Å²) in [5.41, 5.74) is 0.804. The lowest BCUT2D eigenvalue weighted by molar-refractivity contribution is 0.102.